The van der Waals surface area contributed by atoms with E-state index in [1.807, 2.05) is 48.2 Å². The second-order valence-electron chi connectivity index (χ2n) is 8.20. The quantitative estimate of drug-likeness (QED) is 0.715. The molecule has 2 heterocycles. The molecule has 170 valence electrons. The molecule has 4 rings (SSSR count). The molecular weight excluding hydrogens is 428 g/mol. The standard InChI is InChI=1S/C23H28N4O4S/c1-26(2)19(16-9-4-6-12-20(16)31-3)15-24-23(28)18-11-8-14-27(18)22-17-10-5-7-13-21(17)32(29,30)25-22/h4-7,9-10,12-13,18-19H,8,11,14-15H2,1-3H3,(H,24,28)/t18-,19?/m0/s1. The molecule has 1 unspecified atom stereocenters. The average Bonchev–Trinajstić information content (AvgIpc) is 3.37. The van der Waals surface area contributed by atoms with Crippen molar-refractivity contribution in [1.82, 2.24) is 15.1 Å². The highest BCUT2D eigenvalue weighted by atomic mass is 32.2. The number of likely N-dealkylation sites (N-methyl/N-ethyl adjacent to an activating group) is 1. The van der Waals surface area contributed by atoms with E-state index in [1.54, 1.807) is 31.4 Å². The molecule has 1 fully saturated rings. The van der Waals surface area contributed by atoms with Gasteiger partial charge in [-0.05, 0) is 45.1 Å². The van der Waals surface area contributed by atoms with E-state index < -0.39 is 16.1 Å². The third-order valence-corrected chi connectivity index (χ3v) is 7.36. The van der Waals surface area contributed by atoms with Crippen molar-refractivity contribution in [2.75, 3.05) is 34.3 Å². The molecule has 2 aliphatic heterocycles. The van der Waals surface area contributed by atoms with Gasteiger partial charge >= 0.3 is 0 Å². The minimum absolute atomic E-state index is 0.0742. The van der Waals surface area contributed by atoms with E-state index in [-0.39, 0.29) is 16.8 Å². The molecule has 2 aliphatic rings. The summed E-state index contributed by atoms with van der Waals surface area (Å²) in [7, 11) is 1.82. The maximum Gasteiger partial charge on any atom is 0.285 e. The highest BCUT2D eigenvalue weighted by Crippen LogP contribution is 2.31. The molecule has 0 saturated carbocycles. The predicted molar refractivity (Wildman–Crippen MR) is 122 cm³/mol. The minimum Gasteiger partial charge on any atom is -0.496 e. The van der Waals surface area contributed by atoms with Crippen LogP contribution in [0.2, 0.25) is 0 Å². The first-order valence-electron chi connectivity index (χ1n) is 10.6. The van der Waals surface area contributed by atoms with E-state index in [4.69, 9.17) is 4.74 Å². The van der Waals surface area contributed by atoms with Crippen molar-refractivity contribution in [2.45, 2.75) is 29.8 Å². The van der Waals surface area contributed by atoms with Crippen LogP contribution in [0.4, 0.5) is 0 Å². The van der Waals surface area contributed by atoms with Crippen LogP contribution < -0.4 is 10.1 Å². The smallest absolute Gasteiger partial charge is 0.285 e. The maximum atomic E-state index is 13.2. The summed E-state index contributed by atoms with van der Waals surface area (Å²) < 4.78 is 34.5. The molecule has 1 N–H and O–H groups in total. The van der Waals surface area contributed by atoms with Crippen LogP contribution in [-0.4, -0.2) is 70.3 Å². The van der Waals surface area contributed by atoms with Crippen LogP contribution in [0, 0.1) is 0 Å². The van der Waals surface area contributed by atoms with Gasteiger partial charge in [-0.3, -0.25) is 4.79 Å². The number of carbonyl (C=O) groups excluding carboxylic acids is 1. The predicted octanol–water partition coefficient (Wildman–Crippen LogP) is 2.03. The highest BCUT2D eigenvalue weighted by Gasteiger charge is 2.39. The van der Waals surface area contributed by atoms with Crippen LogP contribution in [0.15, 0.2) is 57.8 Å². The molecule has 0 aliphatic carbocycles. The van der Waals surface area contributed by atoms with Gasteiger partial charge in [0.1, 0.15) is 16.7 Å². The monoisotopic (exact) mass is 456 g/mol. The second kappa shape index (κ2) is 8.91. The first-order chi connectivity index (χ1) is 15.3. The number of likely N-dealkylation sites (tertiary alicyclic amines) is 1. The van der Waals surface area contributed by atoms with E-state index in [9.17, 15) is 13.2 Å². The zero-order valence-corrected chi connectivity index (χ0v) is 19.3. The average molecular weight is 457 g/mol. The van der Waals surface area contributed by atoms with Crippen LogP contribution in [0.3, 0.4) is 0 Å². The number of methoxy groups -OCH3 is 1. The zero-order valence-electron chi connectivity index (χ0n) is 18.5. The normalized spacial score (nSPS) is 20.1. The van der Waals surface area contributed by atoms with Gasteiger partial charge in [0.25, 0.3) is 10.0 Å². The van der Waals surface area contributed by atoms with Gasteiger partial charge in [-0.1, -0.05) is 30.3 Å². The molecule has 0 spiro atoms. The summed E-state index contributed by atoms with van der Waals surface area (Å²) in [5, 5.41) is 3.07. The molecule has 8 nitrogen and oxygen atoms in total. The Hall–Kier alpha value is -2.91. The Kier molecular flexibility index (Phi) is 6.21. The van der Waals surface area contributed by atoms with Crippen LogP contribution >= 0.6 is 0 Å². The van der Waals surface area contributed by atoms with Gasteiger partial charge in [-0.15, -0.1) is 4.40 Å². The highest BCUT2D eigenvalue weighted by molar-refractivity contribution is 7.90. The lowest BCUT2D eigenvalue weighted by Crippen LogP contribution is -2.47. The van der Waals surface area contributed by atoms with Crippen LogP contribution in [0.5, 0.6) is 5.75 Å². The summed E-state index contributed by atoms with van der Waals surface area (Å²) in [6.45, 7) is 0.988. The van der Waals surface area contributed by atoms with Crippen molar-refractivity contribution >= 4 is 21.8 Å². The van der Waals surface area contributed by atoms with Crippen LogP contribution in [0.25, 0.3) is 0 Å². The third kappa shape index (κ3) is 4.10. The number of hydrogen-bond acceptors (Lipinski definition) is 6. The van der Waals surface area contributed by atoms with E-state index >= 15 is 0 Å². The van der Waals surface area contributed by atoms with Crippen molar-refractivity contribution in [1.29, 1.82) is 0 Å². The number of amides is 1. The van der Waals surface area contributed by atoms with Crippen molar-refractivity contribution in [3.8, 4) is 5.75 Å². The number of hydrogen-bond donors (Lipinski definition) is 1. The Bertz CT molecular complexity index is 1150. The summed E-state index contributed by atoms with van der Waals surface area (Å²) in [5.41, 5.74) is 1.55. The number of carbonyl (C=O) groups is 1. The van der Waals surface area contributed by atoms with E-state index in [0.717, 1.165) is 17.7 Å². The van der Waals surface area contributed by atoms with Gasteiger partial charge in [-0.25, -0.2) is 0 Å². The van der Waals surface area contributed by atoms with Crippen LogP contribution in [0.1, 0.15) is 30.0 Å². The molecule has 1 amide bonds. The number of sulfonamides is 1. The molecule has 1 saturated heterocycles. The van der Waals surface area contributed by atoms with Gasteiger partial charge < -0.3 is 19.9 Å². The fraction of sp³-hybridized carbons (Fsp3) is 0.391. The van der Waals surface area contributed by atoms with E-state index in [0.29, 0.717) is 30.9 Å². The lowest BCUT2D eigenvalue weighted by molar-refractivity contribution is -0.124. The summed E-state index contributed by atoms with van der Waals surface area (Å²) in [5.74, 6) is 1.01. The Balaban J connectivity index is 1.52. The number of amidine groups is 1. The first kappa shape index (κ1) is 22.3. The number of para-hydroxylation sites is 1. The number of benzene rings is 2. The Morgan fingerprint density at radius 1 is 1.22 bits per heavy atom. The van der Waals surface area contributed by atoms with Gasteiger partial charge in [0.2, 0.25) is 5.91 Å². The van der Waals surface area contributed by atoms with Crippen molar-refractivity contribution in [3.05, 3.63) is 59.7 Å². The molecule has 0 aromatic heterocycles. The molecule has 32 heavy (non-hydrogen) atoms. The van der Waals surface area contributed by atoms with E-state index in [2.05, 4.69) is 9.71 Å². The zero-order chi connectivity index (χ0) is 22.9. The number of nitrogens with zero attached hydrogens (tertiary/aromatic N) is 3. The second-order valence-corrected chi connectivity index (χ2v) is 9.78. The van der Waals surface area contributed by atoms with Gasteiger partial charge in [0.05, 0.1) is 13.2 Å². The number of ether oxygens (including phenoxy) is 1. The SMILES string of the molecule is COc1ccccc1C(CNC(=O)[C@@H]1CCCN1C1=NS(=O)(=O)c2ccccc21)N(C)C. The first-order valence-corrected chi connectivity index (χ1v) is 12.1. The molecule has 9 heteroatoms. The number of fused-ring (bicyclic) bond motifs is 1. The Labute approximate surface area is 188 Å². The lowest BCUT2D eigenvalue weighted by Gasteiger charge is -2.29. The van der Waals surface area contributed by atoms with E-state index in [1.165, 1.54) is 0 Å². The molecule has 2 aromatic rings. The Morgan fingerprint density at radius 3 is 2.69 bits per heavy atom. The van der Waals surface area contributed by atoms with Crippen molar-refractivity contribution < 1.29 is 17.9 Å². The molecule has 2 aromatic carbocycles. The fourth-order valence-electron chi connectivity index (χ4n) is 4.42. The lowest BCUT2D eigenvalue weighted by atomic mass is 10.0. The van der Waals surface area contributed by atoms with Gasteiger partial charge in [-0.2, -0.15) is 8.42 Å². The maximum absolute atomic E-state index is 13.2. The van der Waals surface area contributed by atoms with Crippen molar-refractivity contribution in [3.63, 3.8) is 0 Å². The number of rotatable bonds is 6. The summed E-state index contributed by atoms with van der Waals surface area (Å²) in [4.78, 5) is 17.3. The summed E-state index contributed by atoms with van der Waals surface area (Å²) >= 11 is 0. The Morgan fingerprint density at radius 2 is 1.94 bits per heavy atom. The van der Waals surface area contributed by atoms with Crippen molar-refractivity contribution in [2.24, 2.45) is 4.40 Å². The van der Waals surface area contributed by atoms with Crippen LogP contribution in [-0.2, 0) is 14.8 Å². The van der Waals surface area contributed by atoms with Gasteiger partial charge in [0, 0.05) is 24.2 Å². The van der Waals surface area contributed by atoms with Gasteiger partial charge in [0.15, 0.2) is 5.84 Å². The largest absolute Gasteiger partial charge is 0.496 e. The molecule has 0 radical (unpaired) electrons. The molecular formula is C23H28N4O4S. The fourth-order valence-corrected chi connectivity index (χ4v) is 5.63. The topological polar surface area (TPSA) is 91.3 Å². The number of nitrogens with one attached hydrogen (secondary N) is 1. The summed E-state index contributed by atoms with van der Waals surface area (Å²) in [6, 6.07) is 14.0. The minimum atomic E-state index is -3.73. The molecule has 2 atom stereocenters. The molecule has 0 bridgehead atoms. The summed E-state index contributed by atoms with van der Waals surface area (Å²) in [6.07, 6.45) is 1.44. The third-order valence-electron chi connectivity index (χ3n) is 6.03.